The molecular formula is C23H23N3O4. The van der Waals surface area contributed by atoms with Gasteiger partial charge in [-0.1, -0.05) is 35.7 Å². The Bertz CT molecular complexity index is 1050. The second-order valence-corrected chi connectivity index (χ2v) is 6.46. The number of aryl methyl sites for hydroxylation is 1. The number of hydrogen-bond acceptors (Lipinski definition) is 5. The van der Waals surface area contributed by atoms with Gasteiger partial charge in [0.2, 0.25) is 0 Å². The minimum atomic E-state index is -0.851. The van der Waals surface area contributed by atoms with Gasteiger partial charge in [0, 0.05) is 12.1 Å². The first kappa shape index (κ1) is 21.0. The molecule has 0 aliphatic rings. The topological polar surface area (TPSA) is 74.6 Å². The molecule has 1 N–H and O–H groups in total. The molecule has 1 amide bonds. The van der Waals surface area contributed by atoms with Gasteiger partial charge in [0.15, 0.2) is 17.6 Å². The van der Waals surface area contributed by atoms with Gasteiger partial charge in [-0.25, -0.2) is 4.68 Å². The highest BCUT2D eigenvalue weighted by atomic mass is 16.5. The van der Waals surface area contributed by atoms with Gasteiger partial charge in [-0.3, -0.25) is 4.79 Å². The van der Waals surface area contributed by atoms with Crippen LogP contribution in [0.4, 0.5) is 5.82 Å². The zero-order chi connectivity index (χ0) is 21.5. The monoisotopic (exact) mass is 405 g/mol. The van der Waals surface area contributed by atoms with E-state index in [1.165, 1.54) is 0 Å². The van der Waals surface area contributed by atoms with Crippen LogP contribution in [0.1, 0.15) is 17.2 Å². The van der Waals surface area contributed by atoms with E-state index >= 15 is 0 Å². The number of amides is 1. The molecule has 0 saturated carbocycles. The Hall–Kier alpha value is -3.76. The van der Waals surface area contributed by atoms with E-state index in [1.807, 2.05) is 37.3 Å². The summed E-state index contributed by atoms with van der Waals surface area (Å²) in [7, 11) is 3.13. The van der Waals surface area contributed by atoms with Crippen LogP contribution in [0.5, 0.6) is 11.5 Å². The number of rotatable bonds is 8. The van der Waals surface area contributed by atoms with Gasteiger partial charge in [-0.05, 0) is 24.6 Å². The van der Waals surface area contributed by atoms with E-state index in [-0.39, 0.29) is 12.5 Å². The predicted octanol–water partition coefficient (Wildman–Crippen LogP) is 3.53. The van der Waals surface area contributed by atoms with Gasteiger partial charge in [0.05, 0.1) is 26.1 Å². The number of terminal acetylenes is 1. The maximum absolute atomic E-state index is 13.0. The largest absolute Gasteiger partial charge is 0.493 e. The molecule has 0 radical (unpaired) electrons. The van der Waals surface area contributed by atoms with Gasteiger partial charge in [0.25, 0.3) is 5.91 Å². The molecule has 0 aliphatic heterocycles. The minimum absolute atomic E-state index is 0.0148. The van der Waals surface area contributed by atoms with E-state index in [1.54, 1.807) is 43.3 Å². The Morgan fingerprint density at radius 1 is 1.13 bits per heavy atom. The third kappa shape index (κ3) is 4.62. The summed E-state index contributed by atoms with van der Waals surface area (Å²) in [6.45, 7) is 1.99. The van der Waals surface area contributed by atoms with E-state index in [9.17, 15) is 4.79 Å². The number of carbonyl (C=O) groups excluding carboxylic acids is 1. The molecule has 154 valence electrons. The van der Waals surface area contributed by atoms with Gasteiger partial charge in [-0.15, -0.1) is 6.42 Å². The average Bonchev–Trinajstić information content (AvgIpc) is 3.22. The summed E-state index contributed by atoms with van der Waals surface area (Å²) in [5.74, 6) is 3.69. The molecule has 3 aromatic rings. The number of methoxy groups -OCH3 is 2. The van der Waals surface area contributed by atoms with Crippen LogP contribution in [0.2, 0.25) is 0 Å². The number of aromatic nitrogens is 2. The van der Waals surface area contributed by atoms with Crippen molar-refractivity contribution >= 4 is 11.7 Å². The Kier molecular flexibility index (Phi) is 6.73. The lowest BCUT2D eigenvalue weighted by atomic mass is 10.1. The van der Waals surface area contributed by atoms with Crippen LogP contribution in [0.3, 0.4) is 0 Å². The van der Waals surface area contributed by atoms with Gasteiger partial charge >= 0.3 is 0 Å². The number of benzene rings is 2. The van der Waals surface area contributed by atoms with E-state index < -0.39 is 6.10 Å². The Labute approximate surface area is 175 Å². The summed E-state index contributed by atoms with van der Waals surface area (Å²) in [5.41, 5.74) is 2.50. The highest BCUT2D eigenvalue weighted by Crippen LogP contribution is 2.30. The summed E-state index contributed by atoms with van der Waals surface area (Å²) in [6.07, 6.45) is 6.06. The highest BCUT2D eigenvalue weighted by molar-refractivity contribution is 5.94. The van der Waals surface area contributed by atoms with Crippen LogP contribution in [-0.4, -0.2) is 36.5 Å². The van der Waals surface area contributed by atoms with Crippen molar-refractivity contribution in [1.29, 1.82) is 0 Å². The molecular weight excluding hydrogens is 382 g/mol. The molecule has 1 atom stereocenters. The number of nitrogens with one attached hydrogen (secondary N) is 1. The van der Waals surface area contributed by atoms with E-state index in [0.717, 1.165) is 5.56 Å². The van der Waals surface area contributed by atoms with E-state index in [0.29, 0.717) is 28.6 Å². The fourth-order valence-corrected chi connectivity index (χ4v) is 2.95. The number of ether oxygens (including phenoxy) is 3. The molecule has 7 heteroatoms. The maximum Gasteiger partial charge on any atom is 0.259 e. The lowest BCUT2D eigenvalue weighted by Gasteiger charge is -2.18. The smallest absolute Gasteiger partial charge is 0.259 e. The van der Waals surface area contributed by atoms with Crippen molar-refractivity contribution in [1.82, 2.24) is 9.78 Å². The Morgan fingerprint density at radius 2 is 1.87 bits per heavy atom. The summed E-state index contributed by atoms with van der Waals surface area (Å²) >= 11 is 0. The highest BCUT2D eigenvalue weighted by Gasteiger charge is 2.23. The first-order valence-corrected chi connectivity index (χ1v) is 9.26. The second-order valence-electron chi connectivity index (χ2n) is 6.46. The maximum atomic E-state index is 13.0. The third-order valence-corrected chi connectivity index (χ3v) is 4.46. The number of anilines is 1. The molecule has 0 spiro atoms. The third-order valence-electron chi connectivity index (χ3n) is 4.46. The first-order valence-electron chi connectivity index (χ1n) is 9.26. The van der Waals surface area contributed by atoms with Crippen LogP contribution in [0.25, 0.3) is 5.69 Å². The van der Waals surface area contributed by atoms with Gasteiger partial charge < -0.3 is 19.5 Å². The molecule has 0 fully saturated rings. The van der Waals surface area contributed by atoms with Gasteiger partial charge in [-0.2, -0.15) is 5.10 Å². The average molecular weight is 405 g/mol. The van der Waals surface area contributed by atoms with Crippen molar-refractivity contribution in [2.45, 2.75) is 13.0 Å². The van der Waals surface area contributed by atoms with Gasteiger partial charge in [0.1, 0.15) is 12.4 Å². The lowest BCUT2D eigenvalue weighted by molar-refractivity contribution is -0.127. The Balaban J connectivity index is 1.87. The van der Waals surface area contributed by atoms with Crippen LogP contribution >= 0.6 is 0 Å². The zero-order valence-electron chi connectivity index (χ0n) is 17.1. The van der Waals surface area contributed by atoms with Crippen molar-refractivity contribution in [3.05, 3.63) is 65.9 Å². The molecule has 0 aliphatic carbocycles. The molecule has 30 heavy (non-hydrogen) atoms. The SMILES string of the molecule is C#CCOC(C(=O)Nc1ccnn1-c1ccc(OC)c(OC)c1)c1ccc(C)cc1. The molecule has 0 saturated heterocycles. The van der Waals surface area contributed by atoms with Crippen LogP contribution < -0.4 is 14.8 Å². The molecule has 1 aromatic heterocycles. The van der Waals surface area contributed by atoms with Crippen molar-refractivity contribution in [2.24, 2.45) is 0 Å². The Morgan fingerprint density at radius 3 is 2.53 bits per heavy atom. The number of nitrogens with zero attached hydrogens (tertiary/aromatic N) is 2. The second kappa shape index (κ2) is 9.63. The summed E-state index contributed by atoms with van der Waals surface area (Å²) in [5, 5.41) is 7.18. The fourth-order valence-electron chi connectivity index (χ4n) is 2.95. The molecule has 1 heterocycles. The van der Waals surface area contributed by atoms with Crippen molar-refractivity contribution in [3.8, 4) is 29.5 Å². The number of carbonyl (C=O) groups is 1. The van der Waals surface area contributed by atoms with Crippen LogP contribution in [0.15, 0.2) is 54.7 Å². The molecule has 3 rings (SSSR count). The summed E-state index contributed by atoms with van der Waals surface area (Å²) < 4.78 is 17.8. The van der Waals surface area contributed by atoms with E-state index in [2.05, 4.69) is 16.3 Å². The van der Waals surface area contributed by atoms with Crippen molar-refractivity contribution in [3.63, 3.8) is 0 Å². The van der Waals surface area contributed by atoms with Crippen molar-refractivity contribution < 1.29 is 19.0 Å². The number of hydrogen-bond donors (Lipinski definition) is 1. The van der Waals surface area contributed by atoms with E-state index in [4.69, 9.17) is 20.6 Å². The van der Waals surface area contributed by atoms with Crippen molar-refractivity contribution in [2.75, 3.05) is 26.1 Å². The fraction of sp³-hybridized carbons (Fsp3) is 0.217. The van der Waals surface area contributed by atoms with Crippen LogP contribution in [0, 0.1) is 19.3 Å². The standard InChI is InChI=1S/C23H23N3O4/c1-5-14-30-22(17-8-6-16(2)7-9-17)23(27)25-21-12-13-24-26(21)18-10-11-19(28-3)20(15-18)29-4/h1,6-13,15,22H,14H2,2-4H3,(H,25,27). The molecule has 0 bridgehead atoms. The normalized spacial score (nSPS) is 11.4. The quantitative estimate of drug-likeness (QED) is 0.581. The lowest BCUT2D eigenvalue weighted by Crippen LogP contribution is -2.25. The van der Waals surface area contributed by atoms with Crippen LogP contribution in [-0.2, 0) is 9.53 Å². The zero-order valence-corrected chi connectivity index (χ0v) is 17.1. The predicted molar refractivity (Wildman–Crippen MR) is 114 cm³/mol. The minimum Gasteiger partial charge on any atom is -0.493 e. The molecule has 2 aromatic carbocycles. The summed E-state index contributed by atoms with van der Waals surface area (Å²) in [4.78, 5) is 13.0. The molecule has 7 nitrogen and oxygen atoms in total. The molecule has 1 unspecified atom stereocenters. The summed E-state index contributed by atoms with van der Waals surface area (Å²) in [6, 6.07) is 14.6. The first-order chi connectivity index (χ1) is 14.6.